The first-order valence-corrected chi connectivity index (χ1v) is 8.20. The highest BCUT2D eigenvalue weighted by molar-refractivity contribution is 6.42. The first-order chi connectivity index (χ1) is 10.2. The number of halogens is 2. The third-order valence-electron chi connectivity index (χ3n) is 4.27. The summed E-state index contributed by atoms with van der Waals surface area (Å²) in [6.45, 7) is 2.15. The van der Waals surface area contributed by atoms with Gasteiger partial charge in [0.15, 0.2) is 0 Å². The van der Waals surface area contributed by atoms with Gasteiger partial charge in [0.1, 0.15) is 0 Å². The summed E-state index contributed by atoms with van der Waals surface area (Å²) >= 11 is 12.5. The molecule has 110 valence electrons. The van der Waals surface area contributed by atoms with Gasteiger partial charge in [-0.2, -0.15) is 0 Å². The van der Waals surface area contributed by atoms with Crippen molar-refractivity contribution in [3.63, 3.8) is 0 Å². The Labute approximate surface area is 136 Å². The lowest BCUT2D eigenvalue weighted by molar-refractivity contribution is 0.415. The van der Waals surface area contributed by atoms with Gasteiger partial charge in [-0.15, -0.1) is 0 Å². The number of aryl methyl sites for hydroxylation is 1. The molecule has 0 heterocycles. The minimum absolute atomic E-state index is 0.173. The van der Waals surface area contributed by atoms with Crippen molar-refractivity contribution < 1.29 is 0 Å². The van der Waals surface area contributed by atoms with E-state index in [1.807, 2.05) is 18.2 Å². The van der Waals surface area contributed by atoms with E-state index in [0.29, 0.717) is 16.1 Å². The van der Waals surface area contributed by atoms with Crippen LogP contribution in [0.4, 0.5) is 0 Å². The molecule has 3 heteroatoms. The van der Waals surface area contributed by atoms with Gasteiger partial charge < -0.3 is 5.32 Å². The first-order valence-electron chi connectivity index (χ1n) is 7.44. The Morgan fingerprint density at radius 2 is 1.90 bits per heavy atom. The molecular formula is C18H19Cl2N. The summed E-state index contributed by atoms with van der Waals surface area (Å²) in [6, 6.07) is 15.1. The average Bonchev–Trinajstić information content (AvgIpc) is 2.50. The van der Waals surface area contributed by atoms with Crippen LogP contribution in [0.15, 0.2) is 42.5 Å². The summed E-state index contributed by atoms with van der Waals surface area (Å²) in [6.07, 6.45) is 3.57. The van der Waals surface area contributed by atoms with Crippen molar-refractivity contribution in [2.45, 2.75) is 38.3 Å². The van der Waals surface area contributed by atoms with E-state index < -0.39 is 0 Å². The van der Waals surface area contributed by atoms with Gasteiger partial charge in [0, 0.05) is 12.1 Å². The molecule has 0 saturated heterocycles. The molecule has 0 aromatic heterocycles. The van der Waals surface area contributed by atoms with Gasteiger partial charge in [-0.3, -0.25) is 0 Å². The predicted molar refractivity (Wildman–Crippen MR) is 90.1 cm³/mol. The molecule has 21 heavy (non-hydrogen) atoms. The van der Waals surface area contributed by atoms with Crippen molar-refractivity contribution in [3.8, 4) is 0 Å². The second-order valence-electron chi connectivity index (χ2n) is 5.68. The Bertz CT molecular complexity index is 639. The van der Waals surface area contributed by atoms with Gasteiger partial charge in [0.2, 0.25) is 0 Å². The smallest absolute Gasteiger partial charge is 0.0639 e. The van der Waals surface area contributed by atoms with Crippen LogP contribution in [0.1, 0.15) is 48.5 Å². The topological polar surface area (TPSA) is 12.0 Å². The summed E-state index contributed by atoms with van der Waals surface area (Å²) in [5.74, 6) is 0. The van der Waals surface area contributed by atoms with Crippen molar-refractivity contribution in [2.24, 2.45) is 0 Å². The maximum Gasteiger partial charge on any atom is 0.0639 e. The zero-order valence-corrected chi connectivity index (χ0v) is 13.6. The van der Waals surface area contributed by atoms with Crippen LogP contribution in [0.5, 0.6) is 0 Å². The molecular weight excluding hydrogens is 301 g/mol. The molecule has 1 N–H and O–H groups in total. The van der Waals surface area contributed by atoms with Gasteiger partial charge in [0.25, 0.3) is 0 Å². The van der Waals surface area contributed by atoms with E-state index in [-0.39, 0.29) is 6.04 Å². The normalized spacial score (nSPS) is 19.1. The van der Waals surface area contributed by atoms with Crippen LogP contribution in [0, 0.1) is 0 Å². The highest BCUT2D eigenvalue weighted by Crippen LogP contribution is 2.34. The molecule has 0 radical (unpaired) electrons. The second kappa shape index (κ2) is 6.39. The van der Waals surface area contributed by atoms with E-state index in [1.54, 1.807) is 0 Å². The molecule has 0 amide bonds. The van der Waals surface area contributed by atoms with Crippen LogP contribution in [0.3, 0.4) is 0 Å². The van der Waals surface area contributed by atoms with E-state index >= 15 is 0 Å². The molecule has 0 saturated carbocycles. The van der Waals surface area contributed by atoms with Crippen molar-refractivity contribution in [1.29, 1.82) is 0 Å². The van der Waals surface area contributed by atoms with Gasteiger partial charge >= 0.3 is 0 Å². The molecule has 1 nitrogen and oxygen atoms in total. The van der Waals surface area contributed by atoms with Crippen LogP contribution in [0.25, 0.3) is 0 Å². The van der Waals surface area contributed by atoms with Crippen molar-refractivity contribution >= 4 is 23.2 Å². The third kappa shape index (κ3) is 3.11. The van der Waals surface area contributed by atoms with Gasteiger partial charge in [-0.05, 0) is 48.9 Å². The maximum absolute atomic E-state index is 6.33. The average molecular weight is 320 g/mol. The molecule has 1 aliphatic rings. The Kier molecular flexibility index (Phi) is 4.54. The molecule has 3 rings (SSSR count). The molecule has 2 unspecified atom stereocenters. The number of benzene rings is 2. The van der Waals surface area contributed by atoms with E-state index in [2.05, 4.69) is 36.5 Å². The number of nitrogens with one attached hydrogen (secondary N) is 1. The SMILES string of the molecule is CC(NC1CCCc2ccccc21)c1cccc(Cl)c1Cl. The molecule has 2 aromatic carbocycles. The molecule has 1 aliphatic carbocycles. The summed E-state index contributed by atoms with van der Waals surface area (Å²) in [4.78, 5) is 0. The molecule has 0 bridgehead atoms. The second-order valence-corrected chi connectivity index (χ2v) is 6.46. The van der Waals surface area contributed by atoms with Crippen LogP contribution in [-0.4, -0.2) is 0 Å². The van der Waals surface area contributed by atoms with Crippen molar-refractivity contribution in [1.82, 2.24) is 5.32 Å². The largest absolute Gasteiger partial charge is 0.303 e. The highest BCUT2D eigenvalue weighted by Gasteiger charge is 2.22. The fourth-order valence-corrected chi connectivity index (χ4v) is 3.65. The zero-order chi connectivity index (χ0) is 14.8. The summed E-state index contributed by atoms with van der Waals surface area (Å²) in [5.41, 5.74) is 3.95. The van der Waals surface area contributed by atoms with Crippen LogP contribution in [0.2, 0.25) is 10.0 Å². The number of hydrogen-bond donors (Lipinski definition) is 1. The lowest BCUT2D eigenvalue weighted by atomic mass is 9.87. The van der Waals surface area contributed by atoms with E-state index in [1.165, 1.54) is 30.4 Å². The molecule has 0 spiro atoms. The van der Waals surface area contributed by atoms with Crippen LogP contribution >= 0.6 is 23.2 Å². The molecule has 2 atom stereocenters. The quantitative estimate of drug-likeness (QED) is 0.762. The fourth-order valence-electron chi connectivity index (χ4n) is 3.17. The Morgan fingerprint density at radius 3 is 2.76 bits per heavy atom. The number of rotatable bonds is 3. The predicted octanol–water partition coefficient (Wildman–Crippen LogP) is 5.72. The van der Waals surface area contributed by atoms with Crippen molar-refractivity contribution in [2.75, 3.05) is 0 Å². The van der Waals surface area contributed by atoms with Crippen LogP contribution < -0.4 is 5.32 Å². The summed E-state index contributed by atoms with van der Waals surface area (Å²) < 4.78 is 0. The summed E-state index contributed by atoms with van der Waals surface area (Å²) in [7, 11) is 0. The van der Waals surface area contributed by atoms with Gasteiger partial charge in [-0.25, -0.2) is 0 Å². The van der Waals surface area contributed by atoms with E-state index in [9.17, 15) is 0 Å². The van der Waals surface area contributed by atoms with Gasteiger partial charge in [-0.1, -0.05) is 59.6 Å². The number of fused-ring (bicyclic) bond motifs is 1. The first kappa shape index (κ1) is 14.9. The van der Waals surface area contributed by atoms with Gasteiger partial charge in [0.05, 0.1) is 10.0 Å². The van der Waals surface area contributed by atoms with E-state index in [4.69, 9.17) is 23.2 Å². The third-order valence-corrected chi connectivity index (χ3v) is 5.10. The molecule has 0 fully saturated rings. The standard InChI is InChI=1S/C18H19Cl2N/c1-12(14-9-5-10-16(19)18(14)20)21-17-11-4-7-13-6-2-3-8-15(13)17/h2-3,5-6,8-10,12,17,21H,4,7,11H2,1H3. The Morgan fingerprint density at radius 1 is 1.10 bits per heavy atom. The maximum atomic E-state index is 6.33. The summed E-state index contributed by atoms with van der Waals surface area (Å²) in [5, 5.41) is 4.99. The minimum Gasteiger partial charge on any atom is -0.303 e. The minimum atomic E-state index is 0.173. The Balaban J connectivity index is 1.83. The van der Waals surface area contributed by atoms with E-state index in [0.717, 1.165) is 5.56 Å². The zero-order valence-electron chi connectivity index (χ0n) is 12.1. The highest BCUT2D eigenvalue weighted by atomic mass is 35.5. The monoisotopic (exact) mass is 319 g/mol. The molecule has 0 aliphatic heterocycles. The van der Waals surface area contributed by atoms with Crippen LogP contribution in [-0.2, 0) is 6.42 Å². The fraction of sp³-hybridized carbons (Fsp3) is 0.333. The lowest BCUT2D eigenvalue weighted by Gasteiger charge is -2.29. The number of hydrogen-bond acceptors (Lipinski definition) is 1. The lowest BCUT2D eigenvalue weighted by Crippen LogP contribution is -2.28. The molecule has 2 aromatic rings. The van der Waals surface area contributed by atoms with Crippen molar-refractivity contribution in [3.05, 3.63) is 69.2 Å². The Hall–Kier alpha value is -1.02.